The van der Waals surface area contributed by atoms with E-state index in [4.69, 9.17) is 4.99 Å². The van der Waals surface area contributed by atoms with Crippen LogP contribution in [0.15, 0.2) is 23.2 Å². The number of nitrogens with one attached hydrogen (secondary N) is 1. The van der Waals surface area contributed by atoms with E-state index in [-0.39, 0.29) is 0 Å². The van der Waals surface area contributed by atoms with E-state index < -0.39 is 0 Å². The summed E-state index contributed by atoms with van der Waals surface area (Å²) >= 11 is 0. The fourth-order valence-electron chi connectivity index (χ4n) is 3.27. The highest BCUT2D eigenvalue weighted by Crippen LogP contribution is 2.23. The predicted molar refractivity (Wildman–Crippen MR) is 103 cm³/mol. The van der Waals surface area contributed by atoms with Gasteiger partial charge in [-0.1, -0.05) is 19.9 Å². The van der Waals surface area contributed by atoms with Gasteiger partial charge in [-0.2, -0.15) is 0 Å². The van der Waals surface area contributed by atoms with Crippen LogP contribution in [-0.4, -0.2) is 49.6 Å². The molecule has 1 aliphatic heterocycles. The monoisotopic (exact) mass is 331 g/mol. The van der Waals surface area contributed by atoms with Crippen molar-refractivity contribution in [1.82, 2.24) is 15.2 Å². The molecule has 0 radical (unpaired) electrons. The fraction of sp³-hybridized carbons (Fsp3) is 0.684. The van der Waals surface area contributed by atoms with Crippen LogP contribution < -0.4 is 10.2 Å². The predicted octanol–water partition coefficient (Wildman–Crippen LogP) is 2.98. The van der Waals surface area contributed by atoms with Crippen molar-refractivity contribution in [1.29, 1.82) is 0 Å². The Labute approximate surface area is 147 Å². The second-order valence-corrected chi connectivity index (χ2v) is 7.28. The van der Waals surface area contributed by atoms with Gasteiger partial charge in [-0.05, 0) is 43.7 Å². The van der Waals surface area contributed by atoms with E-state index in [9.17, 15) is 0 Å². The molecule has 1 aromatic rings. The standard InChI is InChI=1S/C19H33N5/c1-6-20-19(24-11-10-16(14-24)12-15(2)3)21-13-17-8-7-9-18(22-17)23(4)5/h7-9,15-16H,6,10-14H2,1-5H3,(H,20,21). The average Bonchev–Trinajstić information content (AvgIpc) is 2.99. The third kappa shape index (κ3) is 5.39. The summed E-state index contributed by atoms with van der Waals surface area (Å²) in [6.45, 7) is 10.5. The Hall–Kier alpha value is -1.78. The first-order valence-electron chi connectivity index (χ1n) is 9.16. The first kappa shape index (κ1) is 18.6. The third-order valence-corrected chi connectivity index (χ3v) is 4.37. The number of anilines is 1. The lowest BCUT2D eigenvalue weighted by molar-refractivity contribution is 0.403. The summed E-state index contributed by atoms with van der Waals surface area (Å²) in [5, 5.41) is 3.44. The molecule has 1 aromatic heterocycles. The number of guanidine groups is 1. The SMILES string of the molecule is CCNC(=NCc1cccc(N(C)C)n1)N1CCC(CC(C)C)C1. The molecule has 1 atom stereocenters. The van der Waals surface area contributed by atoms with Crippen molar-refractivity contribution < 1.29 is 0 Å². The Morgan fingerprint density at radius 3 is 2.88 bits per heavy atom. The maximum Gasteiger partial charge on any atom is 0.194 e. The fourth-order valence-corrected chi connectivity index (χ4v) is 3.27. The summed E-state index contributed by atoms with van der Waals surface area (Å²) < 4.78 is 0. The molecule has 2 heterocycles. The third-order valence-electron chi connectivity index (χ3n) is 4.37. The Morgan fingerprint density at radius 2 is 2.21 bits per heavy atom. The normalized spacial score (nSPS) is 18.3. The summed E-state index contributed by atoms with van der Waals surface area (Å²) in [6.07, 6.45) is 2.58. The molecule has 0 amide bonds. The molecule has 0 spiro atoms. The van der Waals surface area contributed by atoms with Gasteiger partial charge in [-0.3, -0.25) is 0 Å². The molecule has 1 N–H and O–H groups in total. The van der Waals surface area contributed by atoms with Gasteiger partial charge in [0.05, 0.1) is 12.2 Å². The van der Waals surface area contributed by atoms with Gasteiger partial charge in [0.2, 0.25) is 0 Å². The van der Waals surface area contributed by atoms with Crippen LogP contribution in [0.3, 0.4) is 0 Å². The summed E-state index contributed by atoms with van der Waals surface area (Å²) in [5.74, 6) is 3.57. The lowest BCUT2D eigenvalue weighted by Crippen LogP contribution is -2.40. The van der Waals surface area contributed by atoms with Gasteiger partial charge in [-0.15, -0.1) is 0 Å². The summed E-state index contributed by atoms with van der Waals surface area (Å²) in [7, 11) is 4.02. The first-order valence-corrected chi connectivity index (χ1v) is 9.16. The molecule has 2 rings (SSSR count). The van der Waals surface area contributed by atoms with Crippen molar-refractivity contribution >= 4 is 11.8 Å². The molecule has 134 valence electrons. The molecule has 0 bridgehead atoms. The second kappa shape index (κ2) is 8.90. The van der Waals surface area contributed by atoms with Crippen LogP contribution in [0.1, 0.15) is 39.3 Å². The van der Waals surface area contributed by atoms with Gasteiger partial charge in [0.1, 0.15) is 5.82 Å². The molecule has 0 saturated carbocycles. The summed E-state index contributed by atoms with van der Waals surface area (Å²) in [5.41, 5.74) is 1.01. The molecular weight excluding hydrogens is 298 g/mol. The number of hydrogen-bond donors (Lipinski definition) is 1. The Bertz CT molecular complexity index is 538. The Kier molecular flexibility index (Phi) is 6.88. The number of aliphatic imine (C=N–C) groups is 1. The van der Waals surface area contributed by atoms with E-state index in [0.29, 0.717) is 6.54 Å². The minimum Gasteiger partial charge on any atom is -0.363 e. The number of nitrogens with zero attached hydrogens (tertiary/aromatic N) is 4. The zero-order valence-electron chi connectivity index (χ0n) is 15.9. The van der Waals surface area contributed by atoms with Crippen molar-refractivity contribution in [3.63, 3.8) is 0 Å². The van der Waals surface area contributed by atoms with Gasteiger partial charge in [0.25, 0.3) is 0 Å². The average molecular weight is 332 g/mol. The number of hydrogen-bond acceptors (Lipinski definition) is 3. The quantitative estimate of drug-likeness (QED) is 0.643. The minimum atomic E-state index is 0.620. The zero-order chi connectivity index (χ0) is 17.5. The molecule has 0 aliphatic carbocycles. The van der Waals surface area contributed by atoms with E-state index in [2.05, 4.69) is 42.0 Å². The number of likely N-dealkylation sites (tertiary alicyclic amines) is 1. The Morgan fingerprint density at radius 1 is 1.42 bits per heavy atom. The summed E-state index contributed by atoms with van der Waals surface area (Å²) in [6, 6.07) is 6.12. The molecule has 1 unspecified atom stereocenters. The zero-order valence-corrected chi connectivity index (χ0v) is 15.9. The van der Waals surface area contributed by atoms with Crippen molar-refractivity contribution in [3.05, 3.63) is 23.9 Å². The van der Waals surface area contributed by atoms with Crippen LogP contribution in [0.5, 0.6) is 0 Å². The van der Waals surface area contributed by atoms with Gasteiger partial charge in [0, 0.05) is 33.7 Å². The van der Waals surface area contributed by atoms with Crippen molar-refractivity contribution in [3.8, 4) is 0 Å². The molecule has 1 fully saturated rings. The van der Waals surface area contributed by atoms with Crippen LogP contribution in [0.4, 0.5) is 5.82 Å². The van der Waals surface area contributed by atoms with Crippen LogP contribution >= 0.6 is 0 Å². The van der Waals surface area contributed by atoms with E-state index in [0.717, 1.165) is 48.9 Å². The maximum absolute atomic E-state index is 4.83. The van der Waals surface area contributed by atoms with E-state index >= 15 is 0 Å². The van der Waals surface area contributed by atoms with E-state index in [1.165, 1.54) is 12.8 Å². The van der Waals surface area contributed by atoms with E-state index in [1.807, 2.05) is 31.1 Å². The molecule has 0 aromatic carbocycles. The smallest absolute Gasteiger partial charge is 0.194 e. The highest BCUT2D eigenvalue weighted by molar-refractivity contribution is 5.80. The lowest BCUT2D eigenvalue weighted by Gasteiger charge is -2.22. The number of rotatable bonds is 6. The van der Waals surface area contributed by atoms with Crippen LogP contribution in [0.2, 0.25) is 0 Å². The second-order valence-electron chi connectivity index (χ2n) is 7.28. The molecular formula is C19H33N5. The van der Waals surface area contributed by atoms with Gasteiger partial charge < -0.3 is 15.1 Å². The maximum atomic E-state index is 4.83. The topological polar surface area (TPSA) is 43.8 Å². The van der Waals surface area contributed by atoms with Gasteiger partial charge in [-0.25, -0.2) is 9.98 Å². The molecule has 5 nitrogen and oxygen atoms in total. The highest BCUT2D eigenvalue weighted by Gasteiger charge is 2.25. The Balaban J connectivity index is 2.02. The minimum absolute atomic E-state index is 0.620. The van der Waals surface area contributed by atoms with Crippen LogP contribution in [0.25, 0.3) is 0 Å². The van der Waals surface area contributed by atoms with Gasteiger partial charge in [0.15, 0.2) is 5.96 Å². The van der Waals surface area contributed by atoms with Crippen molar-refractivity contribution in [2.75, 3.05) is 38.6 Å². The molecule has 24 heavy (non-hydrogen) atoms. The molecule has 1 saturated heterocycles. The van der Waals surface area contributed by atoms with Crippen LogP contribution in [0, 0.1) is 11.8 Å². The first-order chi connectivity index (χ1) is 11.5. The number of aromatic nitrogens is 1. The van der Waals surface area contributed by atoms with E-state index in [1.54, 1.807) is 0 Å². The number of pyridine rings is 1. The summed E-state index contributed by atoms with van der Waals surface area (Å²) in [4.78, 5) is 13.9. The van der Waals surface area contributed by atoms with Gasteiger partial charge >= 0.3 is 0 Å². The lowest BCUT2D eigenvalue weighted by atomic mass is 9.97. The molecule has 5 heteroatoms. The van der Waals surface area contributed by atoms with Crippen molar-refractivity contribution in [2.45, 2.75) is 40.2 Å². The largest absolute Gasteiger partial charge is 0.363 e. The van der Waals surface area contributed by atoms with Crippen LogP contribution in [-0.2, 0) is 6.54 Å². The highest BCUT2D eigenvalue weighted by atomic mass is 15.3. The molecule has 1 aliphatic rings. The van der Waals surface area contributed by atoms with Crippen molar-refractivity contribution in [2.24, 2.45) is 16.8 Å².